The van der Waals surface area contributed by atoms with Crippen LogP contribution in [0.25, 0.3) is 6.08 Å². The van der Waals surface area contributed by atoms with E-state index in [0.717, 1.165) is 41.3 Å². The van der Waals surface area contributed by atoms with Crippen molar-refractivity contribution in [1.82, 2.24) is 0 Å². The molecule has 0 heterocycles. The highest BCUT2D eigenvalue weighted by Crippen LogP contribution is 2.21. The SMILES string of the molecule is CCN(CC)c1ccc(NC(=O)/C=C/c2cc(C)ccc2OC)cc1. The molecule has 25 heavy (non-hydrogen) atoms. The summed E-state index contributed by atoms with van der Waals surface area (Å²) in [6.07, 6.45) is 3.29. The zero-order valence-electron chi connectivity index (χ0n) is 15.4. The quantitative estimate of drug-likeness (QED) is 0.756. The van der Waals surface area contributed by atoms with Gasteiger partial charge in [0.25, 0.3) is 0 Å². The van der Waals surface area contributed by atoms with Crippen molar-refractivity contribution in [2.75, 3.05) is 30.4 Å². The molecule has 0 spiro atoms. The smallest absolute Gasteiger partial charge is 0.248 e. The second kappa shape index (κ2) is 8.92. The third-order valence-corrected chi connectivity index (χ3v) is 4.06. The van der Waals surface area contributed by atoms with Crippen molar-refractivity contribution in [3.63, 3.8) is 0 Å². The molecule has 1 N–H and O–H groups in total. The van der Waals surface area contributed by atoms with E-state index >= 15 is 0 Å². The number of nitrogens with one attached hydrogen (secondary N) is 1. The number of aryl methyl sites for hydroxylation is 1. The van der Waals surface area contributed by atoms with E-state index < -0.39 is 0 Å². The van der Waals surface area contributed by atoms with Gasteiger partial charge in [-0.25, -0.2) is 0 Å². The van der Waals surface area contributed by atoms with E-state index in [9.17, 15) is 4.79 Å². The highest BCUT2D eigenvalue weighted by Gasteiger charge is 2.04. The monoisotopic (exact) mass is 338 g/mol. The highest BCUT2D eigenvalue weighted by atomic mass is 16.5. The van der Waals surface area contributed by atoms with E-state index in [2.05, 4.69) is 24.1 Å². The van der Waals surface area contributed by atoms with E-state index in [-0.39, 0.29) is 5.91 Å². The maximum absolute atomic E-state index is 12.2. The molecule has 2 aromatic carbocycles. The standard InChI is InChI=1S/C21H26N2O2/c1-5-23(6-2)19-11-9-18(10-12-19)22-21(24)14-8-17-15-16(3)7-13-20(17)25-4/h7-15H,5-6H2,1-4H3,(H,22,24)/b14-8+. The minimum atomic E-state index is -0.167. The van der Waals surface area contributed by atoms with Crippen molar-refractivity contribution in [1.29, 1.82) is 0 Å². The maximum atomic E-state index is 12.2. The molecule has 0 unspecified atom stereocenters. The van der Waals surface area contributed by atoms with E-state index in [0.29, 0.717) is 0 Å². The second-order valence-electron chi connectivity index (χ2n) is 5.79. The Bertz CT molecular complexity index is 732. The van der Waals surface area contributed by atoms with Crippen LogP contribution in [-0.2, 0) is 4.79 Å². The van der Waals surface area contributed by atoms with Crippen LogP contribution in [0.15, 0.2) is 48.5 Å². The molecule has 0 saturated carbocycles. The van der Waals surface area contributed by atoms with Crippen LogP contribution in [0.4, 0.5) is 11.4 Å². The Balaban J connectivity index is 2.04. The van der Waals surface area contributed by atoms with Crippen molar-refractivity contribution < 1.29 is 9.53 Å². The number of amides is 1. The number of ether oxygens (including phenoxy) is 1. The molecule has 0 aliphatic carbocycles. The molecule has 2 aromatic rings. The van der Waals surface area contributed by atoms with Gasteiger partial charge >= 0.3 is 0 Å². The zero-order chi connectivity index (χ0) is 18.2. The van der Waals surface area contributed by atoms with E-state index in [1.54, 1.807) is 13.2 Å². The lowest BCUT2D eigenvalue weighted by Gasteiger charge is -2.21. The van der Waals surface area contributed by atoms with Crippen LogP contribution in [0, 0.1) is 6.92 Å². The van der Waals surface area contributed by atoms with Gasteiger partial charge in [0, 0.05) is 36.1 Å². The Labute approximate surface area is 150 Å². The Morgan fingerprint density at radius 1 is 1.12 bits per heavy atom. The summed E-state index contributed by atoms with van der Waals surface area (Å²) in [5.74, 6) is 0.581. The average molecular weight is 338 g/mol. The molecule has 0 bridgehead atoms. The predicted octanol–water partition coefficient (Wildman–Crippen LogP) is 4.50. The first-order valence-electron chi connectivity index (χ1n) is 8.56. The van der Waals surface area contributed by atoms with Gasteiger partial charge < -0.3 is 15.0 Å². The molecular weight excluding hydrogens is 312 g/mol. The summed E-state index contributed by atoms with van der Waals surface area (Å²) in [6.45, 7) is 8.19. The first-order valence-corrected chi connectivity index (χ1v) is 8.56. The normalized spacial score (nSPS) is 10.7. The van der Waals surface area contributed by atoms with Gasteiger partial charge in [-0.15, -0.1) is 0 Å². The van der Waals surface area contributed by atoms with Gasteiger partial charge in [0.05, 0.1) is 7.11 Å². The van der Waals surface area contributed by atoms with Gasteiger partial charge in [-0.05, 0) is 63.2 Å². The lowest BCUT2D eigenvalue weighted by atomic mass is 10.1. The molecule has 0 atom stereocenters. The van der Waals surface area contributed by atoms with Gasteiger partial charge in [-0.1, -0.05) is 11.6 Å². The number of hydrogen-bond donors (Lipinski definition) is 1. The molecule has 1 amide bonds. The van der Waals surface area contributed by atoms with Crippen molar-refractivity contribution >= 4 is 23.4 Å². The van der Waals surface area contributed by atoms with Gasteiger partial charge in [-0.2, -0.15) is 0 Å². The van der Waals surface area contributed by atoms with Gasteiger partial charge in [0.2, 0.25) is 5.91 Å². The van der Waals surface area contributed by atoms with Crippen molar-refractivity contribution in [3.8, 4) is 5.75 Å². The van der Waals surface area contributed by atoms with E-state index in [4.69, 9.17) is 4.74 Å². The molecule has 0 saturated heterocycles. The molecular formula is C21H26N2O2. The summed E-state index contributed by atoms with van der Waals surface area (Å²) >= 11 is 0. The van der Waals surface area contributed by atoms with Crippen LogP contribution in [-0.4, -0.2) is 26.1 Å². The molecule has 0 aliphatic heterocycles. The number of methoxy groups -OCH3 is 1. The number of benzene rings is 2. The average Bonchev–Trinajstić information content (AvgIpc) is 2.62. The highest BCUT2D eigenvalue weighted by molar-refractivity contribution is 6.02. The largest absolute Gasteiger partial charge is 0.496 e. The van der Waals surface area contributed by atoms with Crippen molar-refractivity contribution in [2.45, 2.75) is 20.8 Å². The third-order valence-electron chi connectivity index (χ3n) is 4.06. The minimum Gasteiger partial charge on any atom is -0.496 e. The summed E-state index contributed by atoms with van der Waals surface area (Å²) in [5, 5.41) is 2.88. The summed E-state index contributed by atoms with van der Waals surface area (Å²) < 4.78 is 5.32. The summed E-state index contributed by atoms with van der Waals surface area (Å²) in [7, 11) is 1.62. The molecule has 0 aliphatic rings. The maximum Gasteiger partial charge on any atom is 0.248 e. The lowest BCUT2D eigenvalue weighted by molar-refractivity contribution is -0.111. The fraction of sp³-hybridized carbons (Fsp3) is 0.286. The second-order valence-corrected chi connectivity index (χ2v) is 5.79. The van der Waals surface area contributed by atoms with E-state index in [1.165, 1.54) is 6.08 Å². The number of rotatable bonds is 7. The third kappa shape index (κ3) is 5.11. The molecule has 0 aromatic heterocycles. The van der Waals surface area contributed by atoms with Crippen LogP contribution in [0.3, 0.4) is 0 Å². The van der Waals surface area contributed by atoms with Gasteiger partial charge in [-0.3, -0.25) is 4.79 Å². The molecule has 4 heteroatoms. The summed E-state index contributed by atoms with van der Waals surface area (Å²) in [4.78, 5) is 14.4. The molecule has 0 radical (unpaired) electrons. The minimum absolute atomic E-state index is 0.167. The number of carbonyl (C=O) groups is 1. The van der Waals surface area contributed by atoms with E-state index in [1.807, 2.05) is 49.4 Å². The molecule has 4 nitrogen and oxygen atoms in total. The first kappa shape index (κ1) is 18.6. The van der Waals surface area contributed by atoms with Crippen LogP contribution in [0.5, 0.6) is 5.75 Å². The number of carbonyl (C=O) groups excluding carboxylic acids is 1. The Kier molecular flexibility index (Phi) is 6.63. The van der Waals surface area contributed by atoms with Gasteiger partial charge in [0.15, 0.2) is 0 Å². The molecule has 0 fully saturated rings. The molecule has 2 rings (SSSR count). The number of nitrogens with zero attached hydrogens (tertiary/aromatic N) is 1. The van der Waals surface area contributed by atoms with Crippen molar-refractivity contribution in [3.05, 3.63) is 59.7 Å². The predicted molar refractivity (Wildman–Crippen MR) is 105 cm³/mol. The Hall–Kier alpha value is -2.75. The van der Waals surface area contributed by atoms with Crippen LogP contribution in [0.1, 0.15) is 25.0 Å². The Morgan fingerprint density at radius 2 is 1.80 bits per heavy atom. The van der Waals surface area contributed by atoms with Crippen LogP contribution < -0.4 is 15.0 Å². The summed E-state index contributed by atoms with van der Waals surface area (Å²) in [6, 6.07) is 13.8. The topological polar surface area (TPSA) is 41.6 Å². The number of anilines is 2. The fourth-order valence-corrected chi connectivity index (χ4v) is 2.68. The van der Waals surface area contributed by atoms with Crippen LogP contribution >= 0.6 is 0 Å². The van der Waals surface area contributed by atoms with Gasteiger partial charge in [0.1, 0.15) is 5.75 Å². The first-order chi connectivity index (χ1) is 12.1. The molecule has 132 valence electrons. The van der Waals surface area contributed by atoms with Crippen LogP contribution in [0.2, 0.25) is 0 Å². The summed E-state index contributed by atoms with van der Waals surface area (Å²) in [5.41, 5.74) is 3.94. The lowest BCUT2D eigenvalue weighted by Crippen LogP contribution is -2.21. The number of hydrogen-bond acceptors (Lipinski definition) is 3. The fourth-order valence-electron chi connectivity index (χ4n) is 2.68. The van der Waals surface area contributed by atoms with Crippen molar-refractivity contribution in [2.24, 2.45) is 0 Å². The zero-order valence-corrected chi connectivity index (χ0v) is 15.4. The Morgan fingerprint density at radius 3 is 2.40 bits per heavy atom.